The minimum Gasteiger partial charge on any atom is -0.370 e. The number of aryl methyl sites for hydroxylation is 1. The number of anilines is 3. The lowest BCUT2D eigenvalue weighted by molar-refractivity contribution is -0.174. The lowest BCUT2D eigenvalue weighted by Crippen LogP contribution is -2.54. The maximum Gasteiger partial charge on any atom is 0.411 e. The number of fused-ring (bicyclic) bond motifs is 1. The van der Waals surface area contributed by atoms with E-state index in [1.807, 2.05) is 25.1 Å². The van der Waals surface area contributed by atoms with E-state index >= 15 is 0 Å². The maximum absolute atomic E-state index is 12.4. The molecule has 9 nitrogen and oxygen atoms in total. The van der Waals surface area contributed by atoms with E-state index in [4.69, 9.17) is 14.7 Å². The van der Waals surface area contributed by atoms with Crippen molar-refractivity contribution in [1.29, 1.82) is 0 Å². The molecule has 178 valence electrons. The van der Waals surface area contributed by atoms with Crippen LogP contribution in [0.3, 0.4) is 0 Å². The molecule has 12 heteroatoms. The molecule has 1 aliphatic rings. The number of ether oxygens (including phenoxy) is 1. The van der Waals surface area contributed by atoms with Crippen LogP contribution in [0.25, 0.3) is 11.0 Å². The molecule has 1 aliphatic heterocycles. The number of halogens is 3. The Morgan fingerprint density at radius 2 is 1.94 bits per heavy atom. The van der Waals surface area contributed by atoms with Crippen molar-refractivity contribution in [3.8, 4) is 0 Å². The van der Waals surface area contributed by atoms with Crippen molar-refractivity contribution in [3.63, 3.8) is 0 Å². The van der Waals surface area contributed by atoms with E-state index in [-0.39, 0.29) is 25.2 Å². The third-order valence-corrected chi connectivity index (χ3v) is 5.21. The monoisotopic (exact) mass is 464 g/mol. The van der Waals surface area contributed by atoms with Crippen molar-refractivity contribution in [2.45, 2.75) is 45.6 Å². The van der Waals surface area contributed by atoms with Crippen molar-refractivity contribution in [1.82, 2.24) is 30.0 Å². The normalized spacial score (nSPS) is 19.3. The Bertz CT molecular complexity index is 1080. The van der Waals surface area contributed by atoms with Gasteiger partial charge in [0, 0.05) is 31.4 Å². The number of alkyl halides is 3. The Morgan fingerprint density at radius 1 is 1.18 bits per heavy atom. The van der Waals surface area contributed by atoms with Crippen LogP contribution in [0.1, 0.15) is 19.5 Å². The summed E-state index contributed by atoms with van der Waals surface area (Å²) in [6.45, 7) is 6.21. The van der Waals surface area contributed by atoms with Gasteiger partial charge in [-0.2, -0.15) is 23.3 Å². The van der Waals surface area contributed by atoms with Gasteiger partial charge in [-0.1, -0.05) is 6.07 Å². The summed E-state index contributed by atoms with van der Waals surface area (Å²) in [6.07, 6.45) is -2.71. The fraction of sp³-hybridized carbons (Fsp3) is 0.524. The highest BCUT2D eigenvalue weighted by molar-refractivity contribution is 5.90. The van der Waals surface area contributed by atoms with Gasteiger partial charge in [0.25, 0.3) is 0 Å². The number of nitrogens with zero attached hydrogens (tertiary/aromatic N) is 6. The Morgan fingerprint density at radius 3 is 2.61 bits per heavy atom. The first-order chi connectivity index (χ1) is 15.7. The number of nitrogens with one attached hydrogen (secondary N) is 2. The summed E-state index contributed by atoms with van der Waals surface area (Å²) in [6, 6.07) is 6.01. The first kappa shape index (κ1) is 23.2. The molecule has 0 bridgehead atoms. The molecule has 4 rings (SSSR count). The minimum absolute atomic E-state index is 0.127. The van der Waals surface area contributed by atoms with Gasteiger partial charge in [0.2, 0.25) is 5.95 Å². The molecule has 1 saturated heterocycles. The lowest BCUT2D eigenvalue weighted by Gasteiger charge is -2.36. The van der Waals surface area contributed by atoms with Gasteiger partial charge in [-0.3, -0.25) is 4.68 Å². The zero-order valence-corrected chi connectivity index (χ0v) is 18.7. The molecule has 0 unspecified atom stereocenters. The van der Waals surface area contributed by atoms with Crippen LogP contribution in [0.2, 0.25) is 0 Å². The Hall–Kier alpha value is -2.99. The van der Waals surface area contributed by atoms with Crippen LogP contribution in [0, 0.1) is 6.92 Å². The molecule has 0 aromatic carbocycles. The van der Waals surface area contributed by atoms with Crippen LogP contribution in [0.5, 0.6) is 0 Å². The predicted octanol–water partition coefficient (Wildman–Crippen LogP) is 3.04. The third-order valence-electron chi connectivity index (χ3n) is 5.21. The molecule has 0 saturated carbocycles. The second-order valence-corrected chi connectivity index (χ2v) is 8.26. The standard InChI is InChI=1S/C21H27F3N8O/c1-13-10-31(11-14(2)26-13)20-28-17-15(3)30-32(8-9-33-12-21(22,23)24)18(17)19(29-20)27-16-6-4-5-7-25-16/h4-7,13-14,26H,8-12H2,1-3H3,(H,25,27,28,29)/t13-,14+. The molecule has 3 aromatic rings. The molecule has 0 spiro atoms. The van der Waals surface area contributed by atoms with Crippen LogP contribution in [-0.4, -0.2) is 69.3 Å². The van der Waals surface area contributed by atoms with Gasteiger partial charge in [-0.15, -0.1) is 0 Å². The first-order valence-electron chi connectivity index (χ1n) is 10.8. The Balaban J connectivity index is 1.70. The van der Waals surface area contributed by atoms with Gasteiger partial charge in [-0.05, 0) is 32.9 Å². The van der Waals surface area contributed by atoms with Crippen LogP contribution < -0.4 is 15.5 Å². The topological polar surface area (TPSA) is 93.0 Å². The van der Waals surface area contributed by atoms with Crippen molar-refractivity contribution in [2.24, 2.45) is 0 Å². The number of piperazine rings is 1. The van der Waals surface area contributed by atoms with Crippen molar-refractivity contribution >= 4 is 28.6 Å². The molecule has 0 radical (unpaired) electrons. The summed E-state index contributed by atoms with van der Waals surface area (Å²) >= 11 is 0. The van der Waals surface area contributed by atoms with Crippen LogP contribution >= 0.6 is 0 Å². The van der Waals surface area contributed by atoms with E-state index in [1.165, 1.54) is 0 Å². The van der Waals surface area contributed by atoms with E-state index in [0.717, 1.165) is 13.1 Å². The van der Waals surface area contributed by atoms with Gasteiger partial charge < -0.3 is 20.3 Å². The predicted molar refractivity (Wildman–Crippen MR) is 119 cm³/mol. The largest absolute Gasteiger partial charge is 0.411 e. The van der Waals surface area contributed by atoms with Crippen LogP contribution in [-0.2, 0) is 11.3 Å². The van der Waals surface area contributed by atoms with E-state index in [0.29, 0.717) is 34.3 Å². The minimum atomic E-state index is -4.37. The summed E-state index contributed by atoms with van der Waals surface area (Å²) in [5.74, 6) is 1.64. The molecule has 0 aliphatic carbocycles. The third kappa shape index (κ3) is 5.69. The Kier molecular flexibility index (Phi) is 6.66. The average molecular weight is 464 g/mol. The maximum atomic E-state index is 12.4. The van der Waals surface area contributed by atoms with Crippen LogP contribution in [0.4, 0.5) is 30.8 Å². The van der Waals surface area contributed by atoms with Gasteiger partial charge in [0.1, 0.15) is 23.5 Å². The zero-order chi connectivity index (χ0) is 23.6. The molecule has 3 aromatic heterocycles. The summed E-state index contributed by atoms with van der Waals surface area (Å²) in [5, 5.41) is 11.2. The average Bonchev–Trinajstić information content (AvgIpc) is 3.06. The zero-order valence-electron chi connectivity index (χ0n) is 18.7. The molecule has 0 amide bonds. The molecule has 2 N–H and O–H groups in total. The number of hydrogen-bond acceptors (Lipinski definition) is 8. The van der Waals surface area contributed by atoms with Crippen molar-refractivity contribution in [2.75, 3.05) is 36.5 Å². The van der Waals surface area contributed by atoms with Gasteiger partial charge in [-0.25, -0.2) is 9.97 Å². The number of rotatable bonds is 7. The second-order valence-electron chi connectivity index (χ2n) is 8.26. The summed E-state index contributed by atoms with van der Waals surface area (Å²) in [7, 11) is 0. The quantitative estimate of drug-likeness (QED) is 0.516. The SMILES string of the molecule is Cc1nn(CCOCC(F)(F)F)c2c(Nc3ccccn3)nc(N3C[C@@H](C)N[C@@H](C)C3)nc12. The molecule has 2 atom stereocenters. The lowest BCUT2D eigenvalue weighted by atomic mass is 10.1. The summed E-state index contributed by atoms with van der Waals surface area (Å²) < 4.78 is 43.7. The Labute approximate surface area is 189 Å². The van der Waals surface area contributed by atoms with Crippen molar-refractivity contribution in [3.05, 3.63) is 30.1 Å². The van der Waals surface area contributed by atoms with E-state index < -0.39 is 12.8 Å². The van der Waals surface area contributed by atoms with E-state index in [1.54, 1.807) is 10.9 Å². The van der Waals surface area contributed by atoms with Crippen LogP contribution in [0.15, 0.2) is 24.4 Å². The number of aromatic nitrogens is 5. The summed E-state index contributed by atoms with van der Waals surface area (Å²) in [4.78, 5) is 16.0. The highest BCUT2D eigenvalue weighted by atomic mass is 19.4. The molecular weight excluding hydrogens is 437 g/mol. The van der Waals surface area contributed by atoms with Gasteiger partial charge in [0.15, 0.2) is 5.82 Å². The van der Waals surface area contributed by atoms with E-state index in [9.17, 15) is 13.2 Å². The molecule has 33 heavy (non-hydrogen) atoms. The molecule has 1 fully saturated rings. The first-order valence-corrected chi connectivity index (χ1v) is 10.8. The fourth-order valence-corrected chi connectivity index (χ4v) is 4.00. The van der Waals surface area contributed by atoms with Gasteiger partial charge in [0.05, 0.1) is 18.8 Å². The van der Waals surface area contributed by atoms with E-state index in [2.05, 4.69) is 39.5 Å². The summed E-state index contributed by atoms with van der Waals surface area (Å²) in [5.41, 5.74) is 1.88. The highest BCUT2D eigenvalue weighted by Gasteiger charge is 2.28. The fourth-order valence-electron chi connectivity index (χ4n) is 4.00. The number of hydrogen-bond donors (Lipinski definition) is 2. The van der Waals surface area contributed by atoms with Gasteiger partial charge >= 0.3 is 6.18 Å². The van der Waals surface area contributed by atoms with Crippen molar-refractivity contribution < 1.29 is 17.9 Å². The second kappa shape index (κ2) is 9.48. The smallest absolute Gasteiger partial charge is 0.370 e. The number of pyridine rings is 1. The molecule has 4 heterocycles. The molecular formula is C21H27F3N8O. The highest BCUT2D eigenvalue weighted by Crippen LogP contribution is 2.29.